The van der Waals surface area contributed by atoms with E-state index in [4.69, 9.17) is 9.47 Å². The monoisotopic (exact) mass is 584 g/mol. The highest BCUT2D eigenvalue weighted by Crippen LogP contribution is 2.64. The number of unbranched alkanes of at least 4 members (excludes halogenated alkanes) is 12. The lowest BCUT2D eigenvalue weighted by Gasteiger charge is -2.58. The van der Waals surface area contributed by atoms with E-state index in [2.05, 4.69) is 26.8 Å². The van der Waals surface area contributed by atoms with E-state index in [1.165, 1.54) is 83.1 Å². The Hall–Kier alpha value is -1.65. The highest BCUT2D eigenvalue weighted by atomic mass is 16.5. The highest BCUT2D eigenvalue weighted by molar-refractivity contribution is 5.87. The highest BCUT2D eigenvalue weighted by Gasteiger charge is 2.61. The van der Waals surface area contributed by atoms with Gasteiger partial charge in [0.15, 0.2) is 0 Å². The molecule has 0 bridgehead atoms. The first-order valence-electron chi connectivity index (χ1n) is 17.8. The summed E-state index contributed by atoms with van der Waals surface area (Å²) in [5, 5.41) is 0. The molecule has 4 rings (SSSR count). The van der Waals surface area contributed by atoms with Gasteiger partial charge in [-0.3, -0.25) is 14.4 Å². The summed E-state index contributed by atoms with van der Waals surface area (Å²) in [5.41, 5.74) is 1.04. The zero-order chi connectivity index (χ0) is 30.2. The number of carbonyl (C=O) groups excluding carboxylic acids is 3. The average molecular weight is 585 g/mol. The van der Waals surface area contributed by atoms with Gasteiger partial charge in [0.25, 0.3) is 0 Å². The lowest BCUT2D eigenvalue weighted by molar-refractivity contribution is -0.161. The summed E-state index contributed by atoms with van der Waals surface area (Å²) in [6.07, 6.45) is 25.1. The molecule has 0 heterocycles. The van der Waals surface area contributed by atoms with E-state index in [-0.39, 0.29) is 46.8 Å². The van der Waals surface area contributed by atoms with Crippen molar-refractivity contribution in [3.63, 3.8) is 0 Å². The van der Waals surface area contributed by atoms with Gasteiger partial charge in [0.1, 0.15) is 18.0 Å². The fraction of sp³-hybridized carbons (Fsp3) is 0.865. The molecular weight excluding hydrogens is 524 g/mol. The molecule has 0 aromatic heterocycles. The molecule has 0 N–H and O–H groups in total. The molecule has 3 saturated carbocycles. The maximum absolute atomic E-state index is 13.2. The maximum atomic E-state index is 13.2. The molecule has 0 aromatic rings. The second kappa shape index (κ2) is 15.4. The molecule has 238 valence electrons. The minimum atomic E-state index is -0.280. The van der Waals surface area contributed by atoms with Crippen molar-refractivity contribution < 1.29 is 23.9 Å². The van der Waals surface area contributed by atoms with Crippen molar-refractivity contribution in [2.75, 3.05) is 0 Å². The zero-order valence-electron chi connectivity index (χ0n) is 27.4. The number of hydrogen-bond acceptors (Lipinski definition) is 5. The Morgan fingerprint density at radius 1 is 0.786 bits per heavy atom. The van der Waals surface area contributed by atoms with Crippen LogP contribution in [0.5, 0.6) is 0 Å². The Kier molecular flexibility index (Phi) is 12.2. The van der Waals surface area contributed by atoms with Gasteiger partial charge in [-0.1, -0.05) is 103 Å². The number of fused-ring (bicyclic) bond motifs is 5. The minimum Gasteiger partial charge on any atom is -0.462 e. The Balaban J connectivity index is 1.28. The van der Waals surface area contributed by atoms with E-state index in [1.807, 2.05) is 0 Å². The zero-order valence-corrected chi connectivity index (χ0v) is 27.4. The van der Waals surface area contributed by atoms with Crippen molar-refractivity contribution in [3.05, 3.63) is 11.6 Å². The maximum Gasteiger partial charge on any atom is 0.306 e. The third-order valence-electron chi connectivity index (χ3n) is 11.9. The van der Waals surface area contributed by atoms with Gasteiger partial charge in [-0.25, -0.2) is 0 Å². The molecule has 42 heavy (non-hydrogen) atoms. The summed E-state index contributed by atoms with van der Waals surface area (Å²) < 4.78 is 12.0. The second-order valence-corrected chi connectivity index (χ2v) is 14.7. The predicted octanol–water partition coefficient (Wildman–Crippen LogP) is 9.45. The summed E-state index contributed by atoms with van der Waals surface area (Å²) in [7, 11) is 0. The molecule has 0 radical (unpaired) electrons. The van der Waals surface area contributed by atoms with Crippen molar-refractivity contribution in [1.29, 1.82) is 0 Å². The van der Waals surface area contributed by atoms with Gasteiger partial charge in [-0.15, -0.1) is 0 Å². The van der Waals surface area contributed by atoms with Gasteiger partial charge < -0.3 is 9.47 Å². The van der Waals surface area contributed by atoms with E-state index < -0.39 is 0 Å². The first kappa shape index (κ1) is 33.2. The first-order valence-corrected chi connectivity index (χ1v) is 17.8. The molecule has 4 aliphatic carbocycles. The fourth-order valence-electron chi connectivity index (χ4n) is 9.31. The third kappa shape index (κ3) is 7.89. The molecule has 4 aliphatic rings. The smallest absolute Gasteiger partial charge is 0.306 e. The molecule has 0 aliphatic heterocycles. The molecule has 3 fully saturated rings. The number of ether oxygens (including phenoxy) is 2. The van der Waals surface area contributed by atoms with Crippen LogP contribution in [-0.4, -0.2) is 29.9 Å². The molecular formula is C37H60O5. The Morgan fingerprint density at radius 2 is 1.36 bits per heavy atom. The molecule has 5 heteroatoms. The molecule has 0 aromatic carbocycles. The molecule has 0 saturated heterocycles. The first-order chi connectivity index (χ1) is 20.2. The predicted molar refractivity (Wildman–Crippen MR) is 168 cm³/mol. The van der Waals surface area contributed by atoms with E-state index in [0.717, 1.165) is 51.4 Å². The lowest BCUT2D eigenvalue weighted by atomic mass is 9.47. The van der Waals surface area contributed by atoms with E-state index in [0.29, 0.717) is 24.5 Å². The largest absolute Gasteiger partial charge is 0.462 e. The summed E-state index contributed by atoms with van der Waals surface area (Å²) in [6, 6.07) is 0. The van der Waals surface area contributed by atoms with Crippen LogP contribution in [0, 0.1) is 28.6 Å². The van der Waals surface area contributed by atoms with Gasteiger partial charge in [-0.2, -0.15) is 0 Å². The normalized spacial score (nSPS) is 33.8. The van der Waals surface area contributed by atoms with Gasteiger partial charge in [0, 0.05) is 37.5 Å². The third-order valence-corrected chi connectivity index (χ3v) is 11.9. The number of hydrogen-bond donors (Lipinski definition) is 0. The summed E-state index contributed by atoms with van der Waals surface area (Å²) in [5.74, 6) is 0.960. The van der Waals surface area contributed by atoms with Crippen LogP contribution in [0.3, 0.4) is 0 Å². The molecule has 4 unspecified atom stereocenters. The summed E-state index contributed by atoms with van der Waals surface area (Å²) in [4.78, 5) is 37.9. The van der Waals surface area contributed by atoms with Crippen LogP contribution in [0.2, 0.25) is 0 Å². The van der Waals surface area contributed by atoms with Crippen LogP contribution in [0.1, 0.15) is 163 Å². The molecule has 5 nitrogen and oxygen atoms in total. The number of carbonyl (C=O) groups is 3. The van der Waals surface area contributed by atoms with E-state index in [1.54, 1.807) is 0 Å². The van der Waals surface area contributed by atoms with Crippen molar-refractivity contribution in [2.24, 2.45) is 28.6 Å². The van der Waals surface area contributed by atoms with Crippen molar-refractivity contribution in [3.8, 4) is 0 Å². The Labute approximate surface area is 256 Å². The van der Waals surface area contributed by atoms with E-state index in [9.17, 15) is 14.4 Å². The van der Waals surface area contributed by atoms with Crippen LogP contribution in [0.25, 0.3) is 0 Å². The SMILES string of the molecule is CCCCCCCCCCCCCCCC(=O)OC1C=C2C[C@@H](OC(C)=O)CC[C@]2(C)C2CC[C@]3(C)C(=O)CCC3C12. The van der Waals surface area contributed by atoms with Crippen LogP contribution >= 0.6 is 0 Å². The number of rotatable bonds is 16. The van der Waals surface area contributed by atoms with Crippen LogP contribution < -0.4 is 0 Å². The minimum absolute atomic E-state index is 0.0201. The number of esters is 2. The Morgan fingerprint density at radius 3 is 1.98 bits per heavy atom. The molecule has 0 amide bonds. The summed E-state index contributed by atoms with van der Waals surface area (Å²) >= 11 is 0. The number of ketones is 1. The van der Waals surface area contributed by atoms with Gasteiger partial charge in [0.2, 0.25) is 0 Å². The summed E-state index contributed by atoms with van der Waals surface area (Å²) in [6.45, 7) is 8.31. The van der Waals surface area contributed by atoms with Crippen molar-refractivity contribution in [1.82, 2.24) is 0 Å². The van der Waals surface area contributed by atoms with Crippen molar-refractivity contribution >= 4 is 17.7 Å². The van der Waals surface area contributed by atoms with Gasteiger partial charge in [-0.05, 0) is 61.9 Å². The standard InChI is InChI=1S/C37H60O5/c1-5-6-7-8-9-10-11-12-13-14-15-16-17-18-34(40)42-32-26-28-25-29(41-27(2)38)21-23-36(28,3)31-22-24-37(4)30(35(31)32)19-20-33(37)39/h26,29-32,35H,5-25H2,1-4H3/t29-,30?,31?,32?,35?,36-,37-/m0/s1. The van der Waals surface area contributed by atoms with Gasteiger partial charge >= 0.3 is 11.9 Å². The van der Waals surface area contributed by atoms with Crippen LogP contribution in [0.4, 0.5) is 0 Å². The topological polar surface area (TPSA) is 69.7 Å². The van der Waals surface area contributed by atoms with E-state index >= 15 is 0 Å². The molecule has 7 atom stereocenters. The van der Waals surface area contributed by atoms with Crippen molar-refractivity contribution in [2.45, 2.75) is 175 Å². The van der Waals surface area contributed by atoms with Crippen LogP contribution in [0.15, 0.2) is 11.6 Å². The second-order valence-electron chi connectivity index (χ2n) is 14.7. The lowest BCUT2D eigenvalue weighted by Crippen LogP contribution is -2.55. The van der Waals surface area contributed by atoms with Crippen LogP contribution in [-0.2, 0) is 23.9 Å². The average Bonchev–Trinajstić information content (AvgIpc) is 3.25. The molecule has 0 spiro atoms. The number of Topliss-reactive ketones (excluding diaryl/α,β-unsaturated/α-hetero) is 1. The van der Waals surface area contributed by atoms with Gasteiger partial charge in [0.05, 0.1) is 0 Å². The quantitative estimate of drug-likeness (QED) is 0.103. The Bertz CT molecular complexity index is 954. The fourth-order valence-corrected chi connectivity index (χ4v) is 9.31.